The van der Waals surface area contributed by atoms with E-state index >= 15 is 0 Å². The molecule has 0 spiro atoms. The van der Waals surface area contributed by atoms with Crippen LogP contribution in [0.3, 0.4) is 0 Å². The van der Waals surface area contributed by atoms with Gasteiger partial charge in [0, 0.05) is 20.1 Å². The smallest absolute Gasteiger partial charge is 0.387 e. The van der Waals surface area contributed by atoms with E-state index in [1.165, 1.54) is 25.3 Å². The van der Waals surface area contributed by atoms with Gasteiger partial charge < -0.3 is 20.1 Å². The molecule has 0 amide bonds. The molecule has 0 saturated carbocycles. The topological polar surface area (TPSA) is 54.9 Å². The highest BCUT2D eigenvalue weighted by atomic mass is 19.3. The highest BCUT2D eigenvalue weighted by Crippen LogP contribution is 2.29. The summed E-state index contributed by atoms with van der Waals surface area (Å²) in [5, 5.41) is 6.34. The lowest BCUT2D eigenvalue weighted by Gasteiger charge is -2.13. The summed E-state index contributed by atoms with van der Waals surface area (Å²) in [5.41, 5.74) is 1.85. The molecular weight excluding hydrogens is 371 g/mol. The van der Waals surface area contributed by atoms with Crippen LogP contribution in [0.25, 0.3) is 0 Å². The van der Waals surface area contributed by atoms with Gasteiger partial charge in [-0.05, 0) is 48.2 Å². The van der Waals surface area contributed by atoms with Crippen LogP contribution in [-0.4, -0.2) is 39.8 Å². The summed E-state index contributed by atoms with van der Waals surface area (Å²) in [7, 11) is 3.06. The van der Waals surface area contributed by atoms with E-state index in [1.807, 2.05) is 0 Å². The van der Waals surface area contributed by atoms with Gasteiger partial charge in [-0.15, -0.1) is 0 Å². The zero-order valence-corrected chi connectivity index (χ0v) is 15.8. The third kappa shape index (κ3) is 7.02. The average molecular weight is 395 g/mol. The normalized spacial score (nSPS) is 11.4. The molecule has 0 aliphatic heterocycles. The number of hydrogen-bond donors (Lipinski definition) is 2. The number of rotatable bonds is 9. The van der Waals surface area contributed by atoms with Crippen molar-refractivity contribution in [3.05, 3.63) is 59.4 Å². The molecule has 0 bridgehead atoms. The van der Waals surface area contributed by atoms with Gasteiger partial charge in [-0.3, -0.25) is 4.99 Å². The molecule has 0 aliphatic rings. The minimum Gasteiger partial charge on any atom is -0.493 e. The van der Waals surface area contributed by atoms with Gasteiger partial charge in [0.2, 0.25) is 0 Å². The van der Waals surface area contributed by atoms with Gasteiger partial charge in [0.15, 0.2) is 17.5 Å². The Labute approximate surface area is 162 Å². The van der Waals surface area contributed by atoms with Crippen molar-refractivity contribution < 1.29 is 22.6 Å². The summed E-state index contributed by atoms with van der Waals surface area (Å²) in [4.78, 5) is 4.14. The Bertz CT molecular complexity index is 768. The molecule has 0 aliphatic carbocycles. The fraction of sp³-hybridized carbons (Fsp3) is 0.350. The summed E-state index contributed by atoms with van der Waals surface area (Å²) in [5.74, 6) is 0.640. The Kier molecular flexibility index (Phi) is 8.45. The van der Waals surface area contributed by atoms with Crippen molar-refractivity contribution in [1.29, 1.82) is 0 Å². The van der Waals surface area contributed by atoms with Crippen molar-refractivity contribution >= 4 is 5.96 Å². The van der Waals surface area contributed by atoms with Crippen LogP contribution in [0.4, 0.5) is 13.2 Å². The molecule has 2 rings (SSSR count). The Morgan fingerprint density at radius 1 is 0.964 bits per heavy atom. The lowest BCUT2D eigenvalue weighted by Crippen LogP contribution is -2.39. The molecule has 0 radical (unpaired) electrons. The fourth-order valence-electron chi connectivity index (χ4n) is 2.59. The number of nitrogens with zero attached hydrogens (tertiary/aromatic N) is 1. The zero-order chi connectivity index (χ0) is 20.4. The standard InChI is InChI=1S/C20H24F3N3O2/c1-24-20(25-11-9-14-3-6-16(21)7-4-14)26-12-10-15-5-8-17(27-2)18(13-15)28-19(22)23/h3-8,13,19H,9-12H2,1-2H3,(H2,24,25,26). The second-order valence-electron chi connectivity index (χ2n) is 5.92. The van der Waals surface area contributed by atoms with Crippen LogP contribution in [0.15, 0.2) is 47.5 Å². The molecule has 2 aromatic carbocycles. The maximum atomic E-state index is 12.9. The molecule has 2 N–H and O–H groups in total. The van der Waals surface area contributed by atoms with Crippen LogP contribution in [0, 0.1) is 5.82 Å². The van der Waals surface area contributed by atoms with E-state index in [2.05, 4.69) is 20.4 Å². The Morgan fingerprint density at radius 3 is 2.14 bits per heavy atom. The molecule has 0 fully saturated rings. The number of benzene rings is 2. The summed E-state index contributed by atoms with van der Waals surface area (Å²) < 4.78 is 47.4. The van der Waals surface area contributed by atoms with E-state index in [0.29, 0.717) is 25.5 Å². The molecular formula is C20H24F3N3O2. The van der Waals surface area contributed by atoms with Gasteiger partial charge in [0.25, 0.3) is 0 Å². The van der Waals surface area contributed by atoms with Crippen molar-refractivity contribution in [3.63, 3.8) is 0 Å². The molecule has 2 aromatic rings. The molecule has 28 heavy (non-hydrogen) atoms. The van der Waals surface area contributed by atoms with Crippen molar-refractivity contribution in [3.8, 4) is 11.5 Å². The highest BCUT2D eigenvalue weighted by molar-refractivity contribution is 5.79. The number of aliphatic imine (C=N–C) groups is 1. The monoisotopic (exact) mass is 395 g/mol. The van der Waals surface area contributed by atoms with Crippen LogP contribution in [0.2, 0.25) is 0 Å². The van der Waals surface area contributed by atoms with Crippen molar-refractivity contribution in [2.75, 3.05) is 27.2 Å². The predicted molar refractivity (Wildman–Crippen MR) is 103 cm³/mol. The molecule has 8 heteroatoms. The third-order valence-corrected chi connectivity index (χ3v) is 3.99. The van der Waals surface area contributed by atoms with Gasteiger partial charge >= 0.3 is 6.61 Å². The second kappa shape index (κ2) is 11.1. The summed E-state index contributed by atoms with van der Waals surface area (Å²) >= 11 is 0. The fourth-order valence-corrected chi connectivity index (χ4v) is 2.59. The quantitative estimate of drug-likeness (QED) is 0.505. The average Bonchev–Trinajstić information content (AvgIpc) is 2.68. The van der Waals surface area contributed by atoms with Gasteiger partial charge in [-0.25, -0.2) is 4.39 Å². The third-order valence-electron chi connectivity index (χ3n) is 3.99. The van der Waals surface area contributed by atoms with Gasteiger partial charge in [0.1, 0.15) is 5.82 Å². The minimum absolute atomic E-state index is 0.0109. The van der Waals surface area contributed by atoms with E-state index in [0.717, 1.165) is 17.5 Å². The van der Waals surface area contributed by atoms with Gasteiger partial charge in [-0.2, -0.15) is 8.78 Å². The number of alkyl halides is 2. The Hall–Kier alpha value is -2.90. The number of nitrogens with one attached hydrogen (secondary N) is 2. The Balaban J connectivity index is 1.79. The maximum Gasteiger partial charge on any atom is 0.387 e. The molecule has 5 nitrogen and oxygen atoms in total. The van der Waals surface area contributed by atoms with Crippen molar-refractivity contribution in [1.82, 2.24) is 10.6 Å². The molecule has 0 atom stereocenters. The van der Waals surface area contributed by atoms with Gasteiger partial charge in [-0.1, -0.05) is 18.2 Å². The highest BCUT2D eigenvalue weighted by Gasteiger charge is 2.11. The van der Waals surface area contributed by atoms with E-state index in [4.69, 9.17) is 4.74 Å². The van der Waals surface area contributed by atoms with E-state index < -0.39 is 6.61 Å². The molecule has 152 valence electrons. The first-order valence-electron chi connectivity index (χ1n) is 8.82. The first-order chi connectivity index (χ1) is 13.5. The SMILES string of the molecule is CN=C(NCCc1ccc(F)cc1)NCCc1ccc(OC)c(OC(F)F)c1. The van der Waals surface area contributed by atoms with Crippen LogP contribution >= 0.6 is 0 Å². The number of halogens is 3. The minimum atomic E-state index is -2.91. The lowest BCUT2D eigenvalue weighted by atomic mass is 10.1. The first-order valence-corrected chi connectivity index (χ1v) is 8.82. The molecule has 0 aromatic heterocycles. The van der Waals surface area contributed by atoms with E-state index in [1.54, 1.807) is 31.3 Å². The summed E-state index contributed by atoms with van der Waals surface area (Å²) in [6, 6.07) is 11.3. The second-order valence-corrected chi connectivity index (χ2v) is 5.92. The molecule has 0 unspecified atom stereocenters. The van der Waals surface area contributed by atoms with Crippen molar-refractivity contribution in [2.45, 2.75) is 19.5 Å². The number of hydrogen-bond acceptors (Lipinski definition) is 3. The Morgan fingerprint density at radius 2 is 1.57 bits per heavy atom. The maximum absolute atomic E-state index is 12.9. The zero-order valence-electron chi connectivity index (χ0n) is 15.8. The number of ether oxygens (including phenoxy) is 2. The van der Waals surface area contributed by atoms with Crippen LogP contribution in [0.5, 0.6) is 11.5 Å². The lowest BCUT2D eigenvalue weighted by molar-refractivity contribution is -0.0512. The van der Waals surface area contributed by atoms with Gasteiger partial charge in [0.05, 0.1) is 7.11 Å². The van der Waals surface area contributed by atoms with E-state index in [9.17, 15) is 13.2 Å². The number of guanidine groups is 1. The largest absolute Gasteiger partial charge is 0.493 e. The van der Waals surface area contributed by atoms with Crippen LogP contribution in [0.1, 0.15) is 11.1 Å². The molecule has 0 saturated heterocycles. The number of methoxy groups -OCH3 is 1. The van der Waals surface area contributed by atoms with Crippen molar-refractivity contribution in [2.24, 2.45) is 4.99 Å². The first kappa shape index (κ1) is 21.4. The van der Waals surface area contributed by atoms with Crippen LogP contribution < -0.4 is 20.1 Å². The van der Waals surface area contributed by atoms with E-state index in [-0.39, 0.29) is 17.3 Å². The summed E-state index contributed by atoms with van der Waals surface area (Å²) in [6.07, 6.45) is 1.32. The molecule has 0 heterocycles. The van der Waals surface area contributed by atoms with Crippen LogP contribution in [-0.2, 0) is 12.8 Å². The summed E-state index contributed by atoms with van der Waals surface area (Å²) in [6.45, 7) is -1.72. The predicted octanol–water partition coefficient (Wildman–Crippen LogP) is 3.39.